The van der Waals surface area contributed by atoms with E-state index in [2.05, 4.69) is 0 Å². The lowest BCUT2D eigenvalue weighted by Crippen LogP contribution is -2.22. The van der Waals surface area contributed by atoms with Crippen LogP contribution in [0.2, 0.25) is 0 Å². The van der Waals surface area contributed by atoms with Crippen molar-refractivity contribution in [2.75, 3.05) is 0 Å². The van der Waals surface area contributed by atoms with Gasteiger partial charge in [0.2, 0.25) is 5.43 Å². The average Bonchev–Trinajstić information content (AvgIpc) is 2.85. The second-order valence-electron chi connectivity index (χ2n) is 7.80. The quantitative estimate of drug-likeness (QED) is 0.328. The predicted molar refractivity (Wildman–Crippen MR) is 130 cm³/mol. The number of carbonyl (C=O) groups is 1. The molecule has 1 aromatic heterocycles. The van der Waals surface area contributed by atoms with E-state index in [0.29, 0.717) is 16.6 Å². The Kier molecular flexibility index (Phi) is 5.00. The van der Waals surface area contributed by atoms with E-state index in [0.717, 1.165) is 22.3 Å². The molecule has 0 aliphatic carbocycles. The van der Waals surface area contributed by atoms with Crippen molar-refractivity contribution >= 4 is 16.7 Å². The minimum atomic E-state index is -0.277. The van der Waals surface area contributed by atoms with E-state index in [4.69, 9.17) is 0 Å². The van der Waals surface area contributed by atoms with Gasteiger partial charge in [0.1, 0.15) is 0 Å². The van der Waals surface area contributed by atoms with Gasteiger partial charge in [-0.05, 0) is 36.8 Å². The van der Waals surface area contributed by atoms with E-state index in [-0.39, 0.29) is 16.8 Å². The first-order valence-electron chi connectivity index (χ1n) is 10.5. The Morgan fingerprint density at radius 3 is 1.97 bits per heavy atom. The molecule has 0 N–H and O–H groups in total. The van der Waals surface area contributed by atoms with Crippen LogP contribution in [0.5, 0.6) is 0 Å². The highest BCUT2D eigenvalue weighted by atomic mass is 16.1. The molecule has 0 radical (unpaired) electrons. The van der Waals surface area contributed by atoms with Crippen LogP contribution in [-0.2, 0) is 0 Å². The molecule has 1 heterocycles. The summed E-state index contributed by atoms with van der Waals surface area (Å²) in [5.41, 5.74) is 4.65. The van der Waals surface area contributed by atoms with Crippen molar-refractivity contribution in [2.45, 2.75) is 6.92 Å². The molecule has 154 valence electrons. The van der Waals surface area contributed by atoms with Crippen LogP contribution < -0.4 is 5.43 Å². The Balaban J connectivity index is 1.97. The van der Waals surface area contributed by atoms with Crippen molar-refractivity contribution in [1.82, 2.24) is 4.57 Å². The molecule has 0 fully saturated rings. The van der Waals surface area contributed by atoms with Gasteiger partial charge >= 0.3 is 0 Å². The van der Waals surface area contributed by atoms with Crippen molar-refractivity contribution in [2.24, 2.45) is 0 Å². The van der Waals surface area contributed by atoms with Crippen LogP contribution in [0.4, 0.5) is 0 Å². The molecule has 0 saturated heterocycles. The number of nitrogens with zero attached hydrogens (tertiary/aromatic N) is 1. The van der Waals surface area contributed by atoms with Gasteiger partial charge < -0.3 is 4.57 Å². The van der Waals surface area contributed by atoms with Crippen LogP contribution in [0.3, 0.4) is 0 Å². The van der Waals surface area contributed by atoms with Gasteiger partial charge in [-0.15, -0.1) is 0 Å². The van der Waals surface area contributed by atoms with E-state index in [1.807, 2.05) is 102 Å². The van der Waals surface area contributed by atoms with Crippen molar-refractivity contribution < 1.29 is 4.79 Å². The fourth-order valence-electron chi connectivity index (χ4n) is 4.11. The monoisotopic (exact) mass is 415 g/mol. The van der Waals surface area contributed by atoms with Crippen molar-refractivity contribution in [1.29, 1.82) is 0 Å². The van der Waals surface area contributed by atoms with Crippen molar-refractivity contribution in [3.05, 3.63) is 136 Å². The van der Waals surface area contributed by atoms with Crippen LogP contribution in [0.15, 0.2) is 114 Å². The van der Waals surface area contributed by atoms with Gasteiger partial charge in [0.15, 0.2) is 5.78 Å². The maximum atomic E-state index is 13.7. The molecule has 0 atom stereocenters. The van der Waals surface area contributed by atoms with E-state index in [1.54, 1.807) is 18.2 Å². The fraction of sp³-hybridized carbons (Fsp3) is 0.0345. The van der Waals surface area contributed by atoms with Gasteiger partial charge in [0.25, 0.3) is 0 Å². The van der Waals surface area contributed by atoms with Gasteiger partial charge in [-0.2, -0.15) is 0 Å². The summed E-state index contributed by atoms with van der Waals surface area (Å²) in [7, 11) is 0. The van der Waals surface area contributed by atoms with Gasteiger partial charge in [-0.25, -0.2) is 0 Å². The molecular formula is C29H21NO2. The SMILES string of the molecule is Cc1ccc(-n2c(-c3ccccc3)c(C(=O)c3ccccc3)c(=O)c3ccccc32)cc1. The molecule has 0 spiro atoms. The van der Waals surface area contributed by atoms with Gasteiger partial charge in [0, 0.05) is 16.6 Å². The summed E-state index contributed by atoms with van der Waals surface area (Å²) in [6, 6.07) is 34.2. The van der Waals surface area contributed by atoms with Crippen LogP contribution in [-0.4, -0.2) is 10.4 Å². The third-order valence-electron chi connectivity index (χ3n) is 5.68. The Bertz CT molecular complexity index is 1480. The molecule has 0 aliphatic rings. The van der Waals surface area contributed by atoms with Gasteiger partial charge in [-0.3, -0.25) is 9.59 Å². The molecule has 4 aromatic carbocycles. The third-order valence-corrected chi connectivity index (χ3v) is 5.68. The largest absolute Gasteiger partial charge is 0.308 e. The number of hydrogen-bond donors (Lipinski definition) is 0. The molecule has 5 aromatic rings. The Labute approximate surface area is 186 Å². The summed E-state index contributed by atoms with van der Waals surface area (Å²) >= 11 is 0. The van der Waals surface area contributed by atoms with E-state index >= 15 is 0 Å². The Morgan fingerprint density at radius 2 is 1.28 bits per heavy atom. The lowest BCUT2D eigenvalue weighted by Gasteiger charge is -2.21. The van der Waals surface area contributed by atoms with Gasteiger partial charge in [0.05, 0.1) is 16.8 Å². The number of carbonyl (C=O) groups excluding carboxylic acids is 1. The fourth-order valence-corrected chi connectivity index (χ4v) is 4.11. The number of fused-ring (bicyclic) bond motifs is 1. The summed E-state index contributed by atoms with van der Waals surface area (Å²) in [4.78, 5) is 27.5. The van der Waals surface area contributed by atoms with E-state index < -0.39 is 0 Å². The van der Waals surface area contributed by atoms with E-state index in [9.17, 15) is 9.59 Å². The zero-order chi connectivity index (χ0) is 22.1. The number of aryl methyl sites for hydroxylation is 1. The van der Waals surface area contributed by atoms with Crippen molar-refractivity contribution in [3.63, 3.8) is 0 Å². The second kappa shape index (κ2) is 8.12. The highest BCUT2D eigenvalue weighted by Gasteiger charge is 2.25. The Hall–Kier alpha value is -4.24. The summed E-state index contributed by atoms with van der Waals surface area (Å²) in [5, 5.41) is 0.520. The smallest absolute Gasteiger partial charge is 0.201 e. The van der Waals surface area contributed by atoms with Crippen LogP contribution in [0.25, 0.3) is 27.8 Å². The first kappa shape index (κ1) is 19.7. The minimum Gasteiger partial charge on any atom is -0.308 e. The highest BCUT2D eigenvalue weighted by molar-refractivity contribution is 6.14. The normalized spacial score (nSPS) is 10.9. The number of para-hydroxylation sites is 1. The molecular weight excluding hydrogens is 394 g/mol. The summed E-state index contributed by atoms with van der Waals surface area (Å²) < 4.78 is 2.03. The number of rotatable bonds is 4. The molecule has 32 heavy (non-hydrogen) atoms. The standard InChI is InChI=1S/C29H21NO2/c1-20-16-18-23(19-17-20)30-25-15-9-8-14-24(25)29(32)26(27(30)21-10-4-2-5-11-21)28(31)22-12-6-3-7-13-22/h2-19H,1H3. The molecule has 0 aliphatic heterocycles. The topological polar surface area (TPSA) is 39.1 Å². The zero-order valence-corrected chi connectivity index (χ0v) is 17.7. The van der Waals surface area contributed by atoms with Crippen LogP contribution in [0, 0.1) is 6.92 Å². The first-order valence-corrected chi connectivity index (χ1v) is 10.5. The third kappa shape index (κ3) is 3.34. The average molecular weight is 415 g/mol. The predicted octanol–water partition coefficient (Wildman–Crippen LogP) is 6.20. The summed E-state index contributed by atoms with van der Waals surface area (Å²) in [6.45, 7) is 2.04. The second-order valence-corrected chi connectivity index (χ2v) is 7.80. The van der Waals surface area contributed by atoms with Crippen LogP contribution >= 0.6 is 0 Å². The summed E-state index contributed by atoms with van der Waals surface area (Å²) in [5.74, 6) is -0.277. The van der Waals surface area contributed by atoms with E-state index in [1.165, 1.54) is 0 Å². The number of pyridine rings is 1. The van der Waals surface area contributed by atoms with Gasteiger partial charge in [-0.1, -0.05) is 90.5 Å². The van der Waals surface area contributed by atoms with Crippen LogP contribution in [0.1, 0.15) is 21.5 Å². The lowest BCUT2D eigenvalue weighted by atomic mass is 9.94. The maximum absolute atomic E-state index is 13.7. The lowest BCUT2D eigenvalue weighted by molar-refractivity contribution is 0.103. The highest BCUT2D eigenvalue weighted by Crippen LogP contribution is 2.31. The first-order chi connectivity index (χ1) is 15.6. The maximum Gasteiger partial charge on any atom is 0.201 e. The molecule has 0 saturated carbocycles. The number of aromatic nitrogens is 1. The number of benzene rings is 4. The number of ketones is 1. The molecule has 3 heteroatoms. The summed E-state index contributed by atoms with van der Waals surface area (Å²) in [6.07, 6.45) is 0. The molecule has 5 rings (SSSR count). The number of hydrogen-bond acceptors (Lipinski definition) is 2. The Morgan fingerprint density at radius 1 is 0.688 bits per heavy atom. The molecule has 0 unspecified atom stereocenters. The van der Waals surface area contributed by atoms with Crippen molar-refractivity contribution in [3.8, 4) is 16.9 Å². The minimum absolute atomic E-state index is 0.182. The molecule has 0 bridgehead atoms. The zero-order valence-electron chi connectivity index (χ0n) is 17.7. The molecule has 0 amide bonds. The molecule has 3 nitrogen and oxygen atoms in total.